The lowest BCUT2D eigenvalue weighted by Crippen LogP contribution is -2.44. The number of primary amides is 1. The first kappa shape index (κ1) is 64.7. The number of amides is 5. The fourth-order valence-corrected chi connectivity index (χ4v) is 6.70. The number of carbonyl (C=O) groups is 10. The van der Waals surface area contributed by atoms with Crippen LogP contribution in [0.25, 0.3) is 0 Å². The molecule has 0 bridgehead atoms. The van der Waals surface area contributed by atoms with E-state index in [0.717, 1.165) is 57.8 Å². The highest BCUT2D eigenvalue weighted by Crippen LogP contribution is 2.14. The smallest absolute Gasteiger partial charge is 0.326 e. The predicted octanol–water partition coefficient (Wildman–Crippen LogP) is 1.19. The van der Waals surface area contributed by atoms with Gasteiger partial charge in [0.1, 0.15) is 37.1 Å². The van der Waals surface area contributed by atoms with Crippen molar-refractivity contribution in [3.8, 4) is 0 Å². The molecule has 70 heavy (non-hydrogen) atoms. The molecule has 0 radical (unpaired) electrons. The zero-order valence-corrected chi connectivity index (χ0v) is 40.6. The van der Waals surface area contributed by atoms with Crippen LogP contribution in [0, 0.1) is 0 Å². The Balaban J connectivity index is 4.02. The summed E-state index contributed by atoms with van der Waals surface area (Å²) in [6.07, 6.45) is 13.1. The topological polar surface area (TPSA) is 375 Å². The number of carboxylic acid groups (broad SMARTS) is 4. The van der Waals surface area contributed by atoms with Gasteiger partial charge in [-0.3, -0.25) is 33.6 Å². The molecule has 1 unspecified atom stereocenters. The van der Waals surface area contributed by atoms with Gasteiger partial charge in [-0.25, -0.2) is 9.59 Å². The van der Waals surface area contributed by atoms with Gasteiger partial charge in [0, 0.05) is 51.7 Å². The van der Waals surface area contributed by atoms with Crippen molar-refractivity contribution in [1.29, 1.82) is 0 Å². The number of ether oxygens (including phenoxy) is 4. The summed E-state index contributed by atoms with van der Waals surface area (Å²) in [7, 11) is 0. The van der Waals surface area contributed by atoms with Gasteiger partial charge in [-0.05, 0) is 32.1 Å². The molecular formula is C46H80N6O18. The van der Waals surface area contributed by atoms with E-state index in [4.69, 9.17) is 29.8 Å². The van der Waals surface area contributed by atoms with E-state index >= 15 is 0 Å². The zero-order chi connectivity index (χ0) is 52.2. The molecule has 24 heteroatoms. The molecule has 0 aromatic rings. The van der Waals surface area contributed by atoms with Gasteiger partial charge in [-0.15, -0.1) is 0 Å². The van der Waals surface area contributed by atoms with Crippen LogP contribution in [0.2, 0.25) is 0 Å². The number of carboxylic acids is 4. The third-order valence-corrected chi connectivity index (χ3v) is 10.6. The Morgan fingerprint density at radius 1 is 0.457 bits per heavy atom. The summed E-state index contributed by atoms with van der Waals surface area (Å²) in [6, 6.07) is -3.81. The summed E-state index contributed by atoms with van der Waals surface area (Å²) in [5, 5.41) is 49.5. The molecule has 0 aliphatic rings. The second kappa shape index (κ2) is 43.7. The van der Waals surface area contributed by atoms with Crippen LogP contribution in [0.5, 0.6) is 0 Å². The SMILES string of the molecule is NC(=O)CC[C@H](NCC(C=O)OCCOCCNC(=O)COCCOCCNC(=O)CC[C@H](NC(=O)CC[C@H](NC(=O)CCCCCCCCCCCCCCCCC(=O)O)C(=O)O)C(=O)O)C(=O)O. The van der Waals surface area contributed by atoms with Crippen LogP contribution in [-0.2, 0) is 66.9 Å². The average molecular weight is 1010 g/mol. The van der Waals surface area contributed by atoms with Gasteiger partial charge in [0.15, 0.2) is 0 Å². The molecule has 0 rings (SSSR count). The third-order valence-electron chi connectivity index (χ3n) is 10.6. The third kappa shape index (κ3) is 40.6. The highest BCUT2D eigenvalue weighted by atomic mass is 16.5. The quantitative estimate of drug-likeness (QED) is 0.0302. The lowest BCUT2D eigenvalue weighted by Gasteiger charge is -2.17. The Bertz CT molecular complexity index is 1540. The van der Waals surface area contributed by atoms with Gasteiger partial charge in [0.05, 0.1) is 39.6 Å². The molecule has 0 saturated heterocycles. The molecule has 5 amide bonds. The summed E-state index contributed by atoms with van der Waals surface area (Å²) >= 11 is 0. The van der Waals surface area contributed by atoms with Gasteiger partial charge in [0.25, 0.3) is 0 Å². The standard InChI is InChI=1S/C46H80N6O18/c47-38(54)20-17-35(44(61)62)50-31-34(32-53)70-30-29-68-26-24-49-42(58)33-69-28-27-67-25-23-48-39(55)21-18-36(45(63)64)52-41(57)22-19-37(46(65)66)51-40(56)15-13-11-9-7-5-3-1-2-4-6-8-10-12-14-16-43(59)60/h32,34-37,50H,1-31,33H2,(H2,47,54)(H,48,55)(H,49,58)(H,51,56)(H,52,57)(H,59,60)(H,61,62)(H,63,64)(H,65,66)/t34?,35-,36-,37-/m0/s1. The van der Waals surface area contributed by atoms with Gasteiger partial charge < -0.3 is 76.5 Å². The van der Waals surface area contributed by atoms with Crippen molar-refractivity contribution in [1.82, 2.24) is 26.6 Å². The molecule has 11 N–H and O–H groups in total. The lowest BCUT2D eigenvalue weighted by atomic mass is 10.0. The molecular weight excluding hydrogens is 925 g/mol. The van der Waals surface area contributed by atoms with Crippen molar-refractivity contribution in [2.75, 3.05) is 65.9 Å². The fourth-order valence-electron chi connectivity index (χ4n) is 6.70. The Kier molecular flexibility index (Phi) is 40.4. The number of hydrogen-bond donors (Lipinski definition) is 10. The molecule has 0 saturated carbocycles. The van der Waals surface area contributed by atoms with E-state index in [1.807, 2.05) is 0 Å². The van der Waals surface area contributed by atoms with E-state index in [9.17, 15) is 63.3 Å². The van der Waals surface area contributed by atoms with E-state index in [0.29, 0.717) is 12.7 Å². The van der Waals surface area contributed by atoms with Crippen molar-refractivity contribution in [2.45, 2.75) is 165 Å². The van der Waals surface area contributed by atoms with E-state index in [1.165, 1.54) is 25.7 Å². The first-order chi connectivity index (χ1) is 33.5. The van der Waals surface area contributed by atoms with Gasteiger partial charge in [0.2, 0.25) is 29.5 Å². The Hall–Kier alpha value is -5.30. The van der Waals surface area contributed by atoms with E-state index in [2.05, 4.69) is 26.6 Å². The number of aldehydes is 1. The van der Waals surface area contributed by atoms with Gasteiger partial charge >= 0.3 is 23.9 Å². The number of unbranched alkanes of at least 4 members (excludes halogenated alkanes) is 13. The summed E-state index contributed by atoms with van der Waals surface area (Å²) in [6.45, 7) is 0.441. The van der Waals surface area contributed by atoms with Crippen LogP contribution in [0.4, 0.5) is 0 Å². The van der Waals surface area contributed by atoms with Crippen LogP contribution in [0.1, 0.15) is 141 Å². The van der Waals surface area contributed by atoms with Crippen molar-refractivity contribution in [2.24, 2.45) is 5.73 Å². The van der Waals surface area contributed by atoms with Crippen molar-refractivity contribution < 1.29 is 87.3 Å². The molecule has 0 spiro atoms. The second-order valence-electron chi connectivity index (χ2n) is 16.7. The maximum atomic E-state index is 12.5. The Morgan fingerprint density at radius 3 is 1.34 bits per heavy atom. The van der Waals surface area contributed by atoms with Crippen LogP contribution in [0.15, 0.2) is 0 Å². The summed E-state index contributed by atoms with van der Waals surface area (Å²) in [4.78, 5) is 117. The molecule has 4 atom stereocenters. The highest BCUT2D eigenvalue weighted by Gasteiger charge is 2.25. The van der Waals surface area contributed by atoms with E-state index in [1.54, 1.807) is 0 Å². The van der Waals surface area contributed by atoms with Crippen molar-refractivity contribution in [3.05, 3.63) is 0 Å². The van der Waals surface area contributed by atoms with Gasteiger partial charge in [-0.1, -0.05) is 77.0 Å². The maximum absolute atomic E-state index is 12.5. The van der Waals surface area contributed by atoms with Gasteiger partial charge in [-0.2, -0.15) is 0 Å². The molecule has 402 valence electrons. The minimum absolute atomic E-state index is 0.0219. The first-order valence-electron chi connectivity index (χ1n) is 24.4. The number of nitrogens with one attached hydrogen (secondary N) is 5. The molecule has 0 heterocycles. The summed E-state index contributed by atoms with van der Waals surface area (Å²) in [5.41, 5.74) is 5.04. The number of carbonyl (C=O) groups excluding carboxylic acids is 6. The molecule has 0 aromatic heterocycles. The van der Waals surface area contributed by atoms with Crippen molar-refractivity contribution >= 4 is 59.7 Å². The minimum atomic E-state index is -1.41. The molecule has 24 nitrogen and oxygen atoms in total. The van der Waals surface area contributed by atoms with Crippen LogP contribution < -0.4 is 32.3 Å². The maximum Gasteiger partial charge on any atom is 0.326 e. The Labute approximate surface area is 409 Å². The van der Waals surface area contributed by atoms with E-state index < -0.39 is 77.6 Å². The Morgan fingerprint density at radius 2 is 0.871 bits per heavy atom. The summed E-state index contributed by atoms with van der Waals surface area (Å²) in [5.74, 6) is -7.36. The zero-order valence-electron chi connectivity index (χ0n) is 40.6. The molecule has 0 aliphatic carbocycles. The van der Waals surface area contributed by atoms with Crippen LogP contribution in [-0.4, -0.2) is 170 Å². The minimum Gasteiger partial charge on any atom is -0.481 e. The number of nitrogens with two attached hydrogens (primary N) is 1. The lowest BCUT2D eigenvalue weighted by molar-refractivity contribution is -0.143. The monoisotopic (exact) mass is 1000 g/mol. The fraction of sp³-hybridized carbons (Fsp3) is 0.783. The predicted molar refractivity (Wildman–Crippen MR) is 251 cm³/mol. The highest BCUT2D eigenvalue weighted by molar-refractivity contribution is 5.86. The molecule has 0 aromatic carbocycles. The molecule has 0 aliphatic heterocycles. The van der Waals surface area contributed by atoms with Crippen LogP contribution >= 0.6 is 0 Å². The summed E-state index contributed by atoms with van der Waals surface area (Å²) < 4.78 is 21.3. The average Bonchev–Trinajstić information content (AvgIpc) is 3.30. The van der Waals surface area contributed by atoms with Crippen LogP contribution in [0.3, 0.4) is 0 Å². The molecule has 0 fully saturated rings. The largest absolute Gasteiger partial charge is 0.481 e. The second-order valence-corrected chi connectivity index (χ2v) is 16.7. The number of hydrogen-bond acceptors (Lipinski definition) is 15. The number of aliphatic carboxylic acids is 4. The number of rotatable bonds is 50. The van der Waals surface area contributed by atoms with E-state index in [-0.39, 0.29) is 117 Å². The normalized spacial score (nSPS) is 12.7. The first-order valence-corrected chi connectivity index (χ1v) is 24.4. The van der Waals surface area contributed by atoms with Crippen molar-refractivity contribution in [3.63, 3.8) is 0 Å².